The molecule has 3 nitrogen and oxygen atoms in total. The minimum absolute atomic E-state index is 0.201. The second kappa shape index (κ2) is 6.40. The van der Waals surface area contributed by atoms with Crippen LogP contribution in [0.5, 0.6) is 5.75 Å². The highest BCUT2D eigenvalue weighted by Crippen LogP contribution is 2.32. The van der Waals surface area contributed by atoms with Crippen LogP contribution in [0.1, 0.15) is 38.7 Å². The first-order chi connectivity index (χ1) is 9.06. The lowest BCUT2D eigenvalue weighted by Gasteiger charge is -2.26. The fourth-order valence-corrected chi connectivity index (χ4v) is 2.43. The van der Waals surface area contributed by atoms with Crippen LogP contribution in [0.4, 0.5) is 0 Å². The largest absolute Gasteiger partial charge is 0.493 e. The van der Waals surface area contributed by atoms with Crippen molar-refractivity contribution >= 4 is 0 Å². The Morgan fingerprint density at radius 3 is 2.79 bits per heavy atom. The van der Waals surface area contributed by atoms with Crippen molar-refractivity contribution in [2.75, 3.05) is 26.2 Å². The molecule has 0 bridgehead atoms. The van der Waals surface area contributed by atoms with Gasteiger partial charge in [-0.3, -0.25) is 0 Å². The maximum atomic E-state index is 5.69. The van der Waals surface area contributed by atoms with Gasteiger partial charge >= 0.3 is 0 Å². The molecule has 0 aliphatic carbocycles. The zero-order valence-corrected chi connectivity index (χ0v) is 12.3. The van der Waals surface area contributed by atoms with Gasteiger partial charge in [-0.2, -0.15) is 0 Å². The molecule has 19 heavy (non-hydrogen) atoms. The van der Waals surface area contributed by atoms with E-state index in [1.807, 2.05) is 6.07 Å². The number of nitrogens with one attached hydrogen (secondary N) is 2. The third kappa shape index (κ3) is 4.51. The van der Waals surface area contributed by atoms with E-state index in [4.69, 9.17) is 4.74 Å². The number of benzene rings is 1. The average molecular weight is 262 g/mol. The number of fused-ring (bicyclic) bond motifs is 1. The van der Waals surface area contributed by atoms with Gasteiger partial charge < -0.3 is 15.4 Å². The molecule has 1 heterocycles. The third-order valence-corrected chi connectivity index (χ3v) is 3.43. The molecule has 1 aliphatic heterocycles. The lowest BCUT2D eigenvalue weighted by atomic mass is 9.93. The van der Waals surface area contributed by atoms with Crippen molar-refractivity contribution in [3.63, 3.8) is 0 Å². The predicted molar refractivity (Wildman–Crippen MR) is 79.9 cm³/mol. The second-order valence-electron chi connectivity index (χ2n) is 6.25. The molecule has 1 atom stereocenters. The van der Waals surface area contributed by atoms with Gasteiger partial charge in [0.05, 0.1) is 6.61 Å². The summed E-state index contributed by atoms with van der Waals surface area (Å²) in [7, 11) is 0. The summed E-state index contributed by atoms with van der Waals surface area (Å²) in [6.07, 6.45) is 1.11. The first kappa shape index (κ1) is 14.4. The normalized spacial score (nSPS) is 18.8. The summed E-state index contributed by atoms with van der Waals surface area (Å²) in [4.78, 5) is 0. The van der Waals surface area contributed by atoms with Gasteiger partial charge in [0.15, 0.2) is 0 Å². The quantitative estimate of drug-likeness (QED) is 0.800. The molecule has 1 unspecified atom stereocenters. The number of ether oxygens (including phenoxy) is 1. The molecule has 0 amide bonds. The highest BCUT2D eigenvalue weighted by Gasteiger charge is 2.20. The third-order valence-electron chi connectivity index (χ3n) is 3.43. The molecule has 106 valence electrons. The van der Waals surface area contributed by atoms with Crippen LogP contribution in [0.2, 0.25) is 0 Å². The van der Waals surface area contributed by atoms with Crippen molar-refractivity contribution in [3.8, 4) is 5.75 Å². The zero-order chi connectivity index (χ0) is 13.7. The molecule has 1 aromatic carbocycles. The van der Waals surface area contributed by atoms with Gasteiger partial charge in [0.25, 0.3) is 0 Å². The molecule has 0 fully saturated rings. The lowest BCUT2D eigenvalue weighted by molar-refractivity contribution is 0.264. The highest BCUT2D eigenvalue weighted by atomic mass is 16.5. The Kier molecular flexibility index (Phi) is 4.83. The van der Waals surface area contributed by atoms with Crippen LogP contribution in [0.25, 0.3) is 0 Å². The van der Waals surface area contributed by atoms with Gasteiger partial charge in [-0.1, -0.05) is 18.2 Å². The van der Waals surface area contributed by atoms with Crippen molar-refractivity contribution in [2.24, 2.45) is 0 Å². The maximum absolute atomic E-state index is 5.69. The topological polar surface area (TPSA) is 33.3 Å². The SMILES string of the molecule is CC(C)(C)NCCNCC1CCOc2ccccc21. The monoisotopic (exact) mass is 262 g/mol. The van der Waals surface area contributed by atoms with Crippen molar-refractivity contribution in [2.45, 2.75) is 38.6 Å². The molecule has 2 N–H and O–H groups in total. The van der Waals surface area contributed by atoms with Crippen LogP contribution >= 0.6 is 0 Å². The van der Waals surface area contributed by atoms with Crippen LogP contribution in [0, 0.1) is 0 Å². The van der Waals surface area contributed by atoms with Gasteiger partial charge in [0.1, 0.15) is 5.75 Å². The summed E-state index contributed by atoms with van der Waals surface area (Å²) in [5, 5.41) is 7.04. The molecule has 0 radical (unpaired) electrons. The summed E-state index contributed by atoms with van der Waals surface area (Å²) in [6, 6.07) is 8.40. The zero-order valence-electron chi connectivity index (χ0n) is 12.3. The molecule has 0 aromatic heterocycles. The number of rotatable bonds is 5. The lowest BCUT2D eigenvalue weighted by Crippen LogP contribution is -2.40. The van der Waals surface area contributed by atoms with E-state index in [0.29, 0.717) is 5.92 Å². The van der Waals surface area contributed by atoms with Crippen LogP contribution < -0.4 is 15.4 Å². The Morgan fingerprint density at radius 1 is 1.21 bits per heavy atom. The first-order valence-electron chi connectivity index (χ1n) is 7.24. The van der Waals surface area contributed by atoms with E-state index < -0.39 is 0 Å². The number of para-hydroxylation sites is 1. The summed E-state index contributed by atoms with van der Waals surface area (Å²) in [5.74, 6) is 1.65. The smallest absolute Gasteiger partial charge is 0.122 e. The molecular formula is C16H26N2O. The van der Waals surface area contributed by atoms with Crippen molar-refractivity contribution in [3.05, 3.63) is 29.8 Å². The number of hydrogen-bond donors (Lipinski definition) is 2. The Bertz CT molecular complexity index is 398. The predicted octanol–water partition coefficient (Wildman–Crippen LogP) is 2.53. The van der Waals surface area contributed by atoms with Crippen LogP contribution in [0.15, 0.2) is 24.3 Å². The highest BCUT2D eigenvalue weighted by molar-refractivity contribution is 5.37. The minimum Gasteiger partial charge on any atom is -0.493 e. The fourth-order valence-electron chi connectivity index (χ4n) is 2.43. The molecule has 1 aliphatic rings. The second-order valence-corrected chi connectivity index (χ2v) is 6.25. The molecular weight excluding hydrogens is 236 g/mol. The van der Waals surface area contributed by atoms with Crippen LogP contribution in [0.3, 0.4) is 0 Å². The first-order valence-corrected chi connectivity index (χ1v) is 7.24. The van der Waals surface area contributed by atoms with E-state index in [2.05, 4.69) is 49.6 Å². The summed E-state index contributed by atoms with van der Waals surface area (Å²) in [6.45, 7) is 10.5. The fraction of sp³-hybridized carbons (Fsp3) is 0.625. The van der Waals surface area contributed by atoms with E-state index in [1.54, 1.807) is 0 Å². The van der Waals surface area contributed by atoms with Gasteiger partial charge in [0.2, 0.25) is 0 Å². The van der Waals surface area contributed by atoms with Crippen molar-refractivity contribution < 1.29 is 4.74 Å². The van der Waals surface area contributed by atoms with Gasteiger partial charge in [-0.25, -0.2) is 0 Å². The van der Waals surface area contributed by atoms with E-state index in [-0.39, 0.29) is 5.54 Å². The van der Waals surface area contributed by atoms with Crippen LogP contribution in [-0.2, 0) is 0 Å². The standard InChI is InChI=1S/C16H26N2O/c1-16(2,3)18-10-9-17-12-13-8-11-19-15-7-5-4-6-14(13)15/h4-7,13,17-18H,8-12H2,1-3H3. The molecule has 1 aromatic rings. The molecule has 2 rings (SSSR count). The van der Waals surface area contributed by atoms with Gasteiger partial charge in [-0.05, 0) is 38.8 Å². The van der Waals surface area contributed by atoms with Gasteiger partial charge in [-0.15, -0.1) is 0 Å². The minimum atomic E-state index is 0.201. The van der Waals surface area contributed by atoms with E-state index >= 15 is 0 Å². The summed E-state index contributed by atoms with van der Waals surface area (Å²) in [5.41, 5.74) is 1.55. The maximum Gasteiger partial charge on any atom is 0.122 e. The van der Waals surface area contributed by atoms with Crippen molar-refractivity contribution in [1.82, 2.24) is 10.6 Å². The molecule has 3 heteroatoms. The molecule has 0 saturated carbocycles. The van der Waals surface area contributed by atoms with Crippen molar-refractivity contribution in [1.29, 1.82) is 0 Å². The average Bonchev–Trinajstić information content (AvgIpc) is 2.37. The van der Waals surface area contributed by atoms with E-state index in [0.717, 1.165) is 38.4 Å². The summed E-state index contributed by atoms with van der Waals surface area (Å²) < 4.78 is 5.69. The molecule has 0 spiro atoms. The van der Waals surface area contributed by atoms with Gasteiger partial charge in [0, 0.05) is 31.1 Å². The Balaban J connectivity index is 1.75. The Morgan fingerprint density at radius 2 is 2.00 bits per heavy atom. The van der Waals surface area contributed by atoms with Crippen LogP contribution in [-0.4, -0.2) is 31.8 Å². The number of hydrogen-bond acceptors (Lipinski definition) is 3. The van der Waals surface area contributed by atoms with E-state index in [1.165, 1.54) is 5.56 Å². The Labute approximate surface area is 116 Å². The van der Waals surface area contributed by atoms with E-state index in [9.17, 15) is 0 Å². The molecule has 0 saturated heterocycles. The Hall–Kier alpha value is -1.06. The summed E-state index contributed by atoms with van der Waals surface area (Å²) >= 11 is 0.